The van der Waals surface area contributed by atoms with Crippen molar-refractivity contribution in [1.29, 1.82) is 0 Å². The van der Waals surface area contributed by atoms with Gasteiger partial charge in [0.2, 0.25) is 17.7 Å². The maximum absolute atomic E-state index is 13.9. The maximum Gasteiger partial charge on any atom is 0.273 e. The van der Waals surface area contributed by atoms with Crippen molar-refractivity contribution >= 4 is 51.3 Å². The Kier molecular flexibility index (Phi) is 9.96. The van der Waals surface area contributed by atoms with Crippen LogP contribution in [-0.4, -0.2) is 67.0 Å². The first kappa shape index (κ1) is 33.0. The molecule has 0 saturated heterocycles. The summed E-state index contributed by atoms with van der Waals surface area (Å²) in [6, 6.07) is 7.93. The number of benzene rings is 1. The fraction of sp³-hybridized carbons (Fsp3) is 0.364. The lowest BCUT2D eigenvalue weighted by Gasteiger charge is -2.29. The largest absolute Gasteiger partial charge is 0.446 e. The van der Waals surface area contributed by atoms with Crippen LogP contribution in [0.15, 0.2) is 64.2 Å². The molecule has 1 aromatic carbocycles. The number of oxazole rings is 1. The zero-order valence-electron chi connectivity index (χ0n) is 26.7. The highest BCUT2D eigenvalue weighted by molar-refractivity contribution is 7.15. The molecule has 4 aromatic heterocycles. The van der Waals surface area contributed by atoms with Gasteiger partial charge in [-0.05, 0) is 31.2 Å². The highest BCUT2D eigenvalue weighted by Crippen LogP contribution is 2.24. The summed E-state index contributed by atoms with van der Waals surface area (Å²) >= 11 is 2.72. The zero-order chi connectivity index (χ0) is 33.8. The van der Waals surface area contributed by atoms with Crippen LogP contribution in [0.4, 0.5) is 0 Å². The van der Waals surface area contributed by atoms with Crippen LogP contribution in [0.2, 0.25) is 0 Å². The molecule has 1 aliphatic heterocycles. The summed E-state index contributed by atoms with van der Waals surface area (Å²) in [4.78, 5) is 70.0. The summed E-state index contributed by atoms with van der Waals surface area (Å²) in [5.41, 5.74) is 1.75. The molecule has 4 amide bonds. The molecule has 48 heavy (non-hydrogen) atoms. The highest BCUT2D eigenvalue weighted by atomic mass is 32.1. The van der Waals surface area contributed by atoms with Gasteiger partial charge in [0, 0.05) is 35.7 Å². The smallest absolute Gasteiger partial charge is 0.273 e. The van der Waals surface area contributed by atoms with Gasteiger partial charge < -0.3 is 25.3 Å². The van der Waals surface area contributed by atoms with Crippen LogP contribution in [0.25, 0.3) is 4.96 Å². The average Bonchev–Trinajstić information content (AvgIpc) is 3.85. The summed E-state index contributed by atoms with van der Waals surface area (Å²) in [6.45, 7) is 5.55. The van der Waals surface area contributed by atoms with Gasteiger partial charge in [-0.2, -0.15) is 0 Å². The minimum atomic E-state index is -0.652. The Morgan fingerprint density at radius 1 is 1.02 bits per heavy atom. The van der Waals surface area contributed by atoms with Crippen LogP contribution in [0.3, 0.4) is 0 Å². The van der Waals surface area contributed by atoms with E-state index in [1.54, 1.807) is 18.5 Å². The summed E-state index contributed by atoms with van der Waals surface area (Å²) in [5, 5.41) is 13.0. The van der Waals surface area contributed by atoms with E-state index < -0.39 is 35.8 Å². The number of amides is 4. The van der Waals surface area contributed by atoms with Gasteiger partial charge in [-0.25, -0.2) is 15.0 Å². The SMILES string of the molecule is CC(C)C[C@@H]1CN(C(=O)Cc2cn3ccsc3n2)CC(=O)N[C@H](Cc2ccccc2)c2nc(cs2)C(=O)N[C@H](C)c2nc(co2)C(=O)N1. The maximum atomic E-state index is 13.9. The normalized spacial score (nSPS) is 19.5. The summed E-state index contributed by atoms with van der Waals surface area (Å²) < 4.78 is 7.43. The van der Waals surface area contributed by atoms with Crippen molar-refractivity contribution in [2.45, 2.75) is 58.2 Å². The lowest BCUT2D eigenvalue weighted by Crippen LogP contribution is -2.50. The van der Waals surface area contributed by atoms with Gasteiger partial charge >= 0.3 is 0 Å². The summed E-state index contributed by atoms with van der Waals surface area (Å²) in [7, 11) is 0. The van der Waals surface area contributed by atoms with Crippen molar-refractivity contribution in [3.63, 3.8) is 0 Å². The number of aromatic nitrogens is 4. The predicted molar refractivity (Wildman–Crippen MR) is 180 cm³/mol. The number of carbonyl (C=O) groups excluding carboxylic acids is 4. The van der Waals surface area contributed by atoms with Crippen molar-refractivity contribution < 1.29 is 23.6 Å². The zero-order valence-corrected chi connectivity index (χ0v) is 28.3. The van der Waals surface area contributed by atoms with Crippen LogP contribution in [0.5, 0.6) is 0 Å². The molecule has 13 nitrogen and oxygen atoms in total. The number of imidazole rings is 1. The first-order valence-electron chi connectivity index (χ1n) is 15.7. The predicted octanol–water partition coefficient (Wildman–Crippen LogP) is 3.96. The molecular formula is C33H36N8O5S2. The lowest BCUT2D eigenvalue weighted by atomic mass is 10.0. The third kappa shape index (κ3) is 7.97. The molecule has 0 saturated carbocycles. The Hall–Kier alpha value is -4.89. The van der Waals surface area contributed by atoms with Gasteiger partial charge in [-0.15, -0.1) is 22.7 Å². The first-order chi connectivity index (χ1) is 23.1. The van der Waals surface area contributed by atoms with Crippen molar-refractivity contribution in [2.24, 2.45) is 5.92 Å². The fourth-order valence-electron chi connectivity index (χ4n) is 5.59. The van der Waals surface area contributed by atoms with Crippen molar-refractivity contribution in [3.05, 3.63) is 93.3 Å². The number of rotatable bonds is 6. The van der Waals surface area contributed by atoms with Crippen LogP contribution >= 0.6 is 22.7 Å². The number of carbonyl (C=O) groups is 4. The second kappa shape index (κ2) is 14.5. The monoisotopic (exact) mass is 688 g/mol. The third-order valence-electron chi connectivity index (χ3n) is 7.84. The van der Waals surface area contributed by atoms with Crippen LogP contribution in [0.1, 0.15) is 82.4 Å². The molecule has 15 heteroatoms. The second-order valence-corrected chi connectivity index (χ2v) is 14.0. The standard InChI is InChI=1S/C33H36N8O5S2/c1-19(2)11-22-15-41(28(43)13-23-14-40-9-10-47-33(40)36-23)16-27(42)37-24(12-21-7-5-4-6-8-21)32-39-26(18-48-32)30(45)34-20(3)31-38-25(17-46-31)29(44)35-22/h4-10,14,17-20,22,24H,11-13,15-16H2,1-3H3,(H,34,45)(H,35,44)(H,37,42)/t20-,22-,24-/m1/s1. The van der Waals surface area contributed by atoms with Gasteiger partial charge in [0.1, 0.15) is 23.0 Å². The molecular weight excluding hydrogens is 653 g/mol. The van der Waals surface area contributed by atoms with E-state index in [4.69, 9.17) is 4.42 Å². The topological polar surface area (TPSA) is 164 Å². The second-order valence-electron chi connectivity index (χ2n) is 12.2. The number of nitrogens with one attached hydrogen (secondary N) is 3. The van der Waals surface area contributed by atoms with Crippen molar-refractivity contribution in [1.82, 2.24) is 40.2 Å². The highest BCUT2D eigenvalue weighted by Gasteiger charge is 2.29. The van der Waals surface area contributed by atoms with E-state index in [2.05, 4.69) is 30.9 Å². The molecule has 0 unspecified atom stereocenters. The van der Waals surface area contributed by atoms with Gasteiger partial charge in [-0.3, -0.25) is 23.6 Å². The Morgan fingerprint density at radius 2 is 1.81 bits per heavy atom. The van der Waals surface area contributed by atoms with Crippen molar-refractivity contribution in [2.75, 3.05) is 13.1 Å². The molecule has 0 fully saturated rings. The molecule has 5 heterocycles. The van der Waals surface area contributed by atoms with Gasteiger partial charge in [0.15, 0.2) is 10.7 Å². The summed E-state index contributed by atoms with van der Waals surface area (Å²) in [5.74, 6) is -1.32. The number of fused-ring (bicyclic) bond motifs is 5. The molecule has 250 valence electrons. The number of nitrogens with zero attached hydrogens (tertiary/aromatic N) is 5. The summed E-state index contributed by atoms with van der Waals surface area (Å²) in [6.07, 6.45) is 5.84. The molecule has 0 aliphatic carbocycles. The van der Waals surface area contributed by atoms with E-state index in [9.17, 15) is 19.2 Å². The van der Waals surface area contributed by atoms with E-state index in [0.717, 1.165) is 10.5 Å². The Balaban J connectivity index is 1.34. The Labute approximate surface area is 284 Å². The van der Waals surface area contributed by atoms with E-state index >= 15 is 0 Å². The van der Waals surface area contributed by atoms with E-state index in [1.165, 1.54) is 33.8 Å². The average molecular weight is 689 g/mol. The molecule has 4 bridgehead atoms. The van der Waals surface area contributed by atoms with Crippen LogP contribution in [-0.2, 0) is 22.4 Å². The van der Waals surface area contributed by atoms with E-state index in [0.29, 0.717) is 23.5 Å². The molecule has 0 spiro atoms. The fourth-order valence-corrected chi connectivity index (χ4v) is 7.16. The molecule has 0 radical (unpaired) electrons. The number of hydrogen-bond donors (Lipinski definition) is 3. The first-order valence-corrected chi connectivity index (χ1v) is 17.4. The van der Waals surface area contributed by atoms with Gasteiger partial charge in [0.05, 0.1) is 24.7 Å². The molecule has 3 atom stereocenters. The third-order valence-corrected chi connectivity index (χ3v) is 9.57. The molecule has 3 N–H and O–H groups in total. The van der Waals surface area contributed by atoms with Crippen LogP contribution in [0, 0.1) is 5.92 Å². The molecule has 5 aromatic rings. The van der Waals surface area contributed by atoms with Crippen molar-refractivity contribution in [3.8, 4) is 0 Å². The number of hydrogen-bond acceptors (Lipinski definition) is 10. The lowest BCUT2D eigenvalue weighted by molar-refractivity contribution is -0.136. The van der Waals surface area contributed by atoms with Crippen LogP contribution < -0.4 is 16.0 Å². The van der Waals surface area contributed by atoms with E-state index in [1.807, 2.05) is 60.2 Å². The minimum absolute atomic E-state index is 0.0209. The molecule has 1 aliphatic rings. The van der Waals surface area contributed by atoms with Gasteiger partial charge in [-0.1, -0.05) is 44.2 Å². The Morgan fingerprint density at radius 3 is 2.58 bits per heavy atom. The molecule has 6 rings (SSSR count). The van der Waals surface area contributed by atoms with E-state index in [-0.39, 0.29) is 48.6 Å². The minimum Gasteiger partial charge on any atom is -0.446 e. The quantitative estimate of drug-likeness (QED) is 0.241. The van der Waals surface area contributed by atoms with Gasteiger partial charge in [0.25, 0.3) is 11.8 Å². The number of thiazole rings is 2. The Bertz CT molecular complexity index is 1880.